The van der Waals surface area contributed by atoms with E-state index in [0.717, 1.165) is 12.3 Å². The highest BCUT2D eigenvalue weighted by Gasteiger charge is 2.09. The van der Waals surface area contributed by atoms with Crippen LogP contribution in [0.25, 0.3) is 0 Å². The minimum absolute atomic E-state index is 0.902. The highest BCUT2D eigenvalue weighted by molar-refractivity contribution is 5.64. The van der Waals surface area contributed by atoms with Gasteiger partial charge in [0.05, 0.1) is 7.11 Å². The quantitative estimate of drug-likeness (QED) is 0.654. The number of methoxy groups -OCH3 is 1. The predicted molar refractivity (Wildman–Crippen MR) is 86.0 cm³/mol. The Balaban J connectivity index is 2.25. The van der Waals surface area contributed by atoms with Gasteiger partial charge in [0.15, 0.2) is 0 Å². The second kappa shape index (κ2) is 7.59. The fourth-order valence-corrected chi connectivity index (χ4v) is 2.31. The van der Waals surface area contributed by atoms with Gasteiger partial charge in [0.2, 0.25) is 0 Å². The maximum atomic E-state index is 5.34. The van der Waals surface area contributed by atoms with Gasteiger partial charge in [0, 0.05) is 24.0 Å². The SMILES string of the molecule is CCCCCN(c1ccccc1)c1cccc(OC)c1. The second-order valence-corrected chi connectivity index (χ2v) is 4.90. The molecule has 0 aliphatic heterocycles. The van der Waals surface area contributed by atoms with Crippen molar-refractivity contribution >= 4 is 11.4 Å². The first-order chi connectivity index (χ1) is 9.85. The molecule has 0 aliphatic rings. The van der Waals surface area contributed by atoms with Crippen molar-refractivity contribution in [1.82, 2.24) is 0 Å². The summed E-state index contributed by atoms with van der Waals surface area (Å²) in [5, 5.41) is 0. The lowest BCUT2D eigenvalue weighted by atomic mass is 10.2. The average molecular weight is 269 g/mol. The van der Waals surface area contributed by atoms with E-state index < -0.39 is 0 Å². The molecular weight excluding hydrogens is 246 g/mol. The number of ether oxygens (including phenoxy) is 1. The molecule has 0 aromatic heterocycles. The van der Waals surface area contributed by atoms with Crippen LogP contribution >= 0.6 is 0 Å². The smallest absolute Gasteiger partial charge is 0.120 e. The Kier molecular flexibility index (Phi) is 5.48. The van der Waals surface area contributed by atoms with Gasteiger partial charge < -0.3 is 9.64 Å². The molecule has 0 saturated heterocycles. The molecule has 2 nitrogen and oxygen atoms in total. The van der Waals surface area contributed by atoms with Crippen LogP contribution in [0.3, 0.4) is 0 Å². The van der Waals surface area contributed by atoms with Gasteiger partial charge >= 0.3 is 0 Å². The van der Waals surface area contributed by atoms with Gasteiger partial charge in [-0.15, -0.1) is 0 Å². The Morgan fingerprint density at radius 2 is 1.65 bits per heavy atom. The lowest BCUT2D eigenvalue weighted by Crippen LogP contribution is -2.18. The molecular formula is C18H23NO. The summed E-state index contributed by atoms with van der Waals surface area (Å²) in [6.07, 6.45) is 3.69. The molecule has 0 atom stereocenters. The second-order valence-electron chi connectivity index (χ2n) is 4.90. The molecule has 0 radical (unpaired) electrons. The Morgan fingerprint density at radius 1 is 0.900 bits per heavy atom. The van der Waals surface area contributed by atoms with Crippen molar-refractivity contribution in [2.45, 2.75) is 26.2 Å². The van der Waals surface area contributed by atoms with E-state index in [1.807, 2.05) is 12.1 Å². The fraction of sp³-hybridized carbons (Fsp3) is 0.333. The summed E-state index contributed by atoms with van der Waals surface area (Å²) >= 11 is 0. The maximum Gasteiger partial charge on any atom is 0.120 e. The fourth-order valence-electron chi connectivity index (χ4n) is 2.31. The molecule has 0 unspecified atom stereocenters. The normalized spacial score (nSPS) is 10.3. The highest BCUT2D eigenvalue weighted by Crippen LogP contribution is 2.28. The third kappa shape index (κ3) is 3.77. The lowest BCUT2D eigenvalue weighted by molar-refractivity contribution is 0.415. The molecule has 0 amide bonds. The third-order valence-corrected chi connectivity index (χ3v) is 3.42. The lowest BCUT2D eigenvalue weighted by Gasteiger charge is -2.25. The van der Waals surface area contributed by atoms with Crippen LogP contribution < -0.4 is 9.64 Å². The van der Waals surface area contributed by atoms with Crippen LogP contribution in [-0.4, -0.2) is 13.7 Å². The van der Waals surface area contributed by atoms with Crippen molar-refractivity contribution in [3.8, 4) is 5.75 Å². The number of rotatable bonds is 7. The van der Waals surface area contributed by atoms with Gasteiger partial charge in [0.1, 0.15) is 5.75 Å². The van der Waals surface area contributed by atoms with Crippen molar-refractivity contribution in [2.75, 3.05) is 18.6 Å². The van der Waals surface area contributed by atoms with Crippen molar-refractivity contribution in [3.05, 3.63) is 54.6 Å². The number of nitrogens with zero attached hydrogens (tertiary/aromatic N) is 1. The van der Waals surface area contributed by atoms with Crippen molar-refractivity contribution < 1.29 is 4.74 Å². The molecule has 2 heteroatoms. The molecule has 0 saturated carbocycles. The summed E-state index contributed by atoms with van der Waals surface area (Å²) in [5.74, 6) is 0.902. The van der Waals surface area contributed by atoms with Gasteiger partial charge in [-0.3, -0.25) is 0 Å². The number of hydrogen-bond acceptors (Lipinski definition) is 2. The average Bonchev–Trinajstić information content (AvgIpc) is 2.52. The monoisotopic (exact) mass is 269 g/mol. The topological polar surface area (TPSA) is 12.5 Å². The van der Waals surface area contributed by atoms with Crippen LogP contribution in [0.1, 0.15) is 26.2 Å². The number of para-hydroxylation sites is 1. The van der Waals surface area contributed by atoms with E-state index in [-0.39, 0.29) is 0 Å². The molecule has 106 valence electrons. The van der Waals surface area contributed by atoms with Crippen molar-refractivity contribution in [2.24, 2.45) is 0 Å². The van der Waals surface area contributed by atoms with Crippen LogP contribution in [0.2, 0.25) is 0 Å². The van der Waals surface area contributed by atoms with Gasteiger partial charge in [-0.2, -0.15) is 0 Å². The van der Waals surface area contributed by atoms with Crippen molar-refractivity contribution in [1.29, 1.82) is 0 Å². The highest BCUT2D eigenvalue weighted by atomic mass is 16.5. The Bertz CT molecular complexity index is 510. The summed E-state index contributed by atoms with van der Waals surface area (Å²) in [7, 11) is 1.71. The first kappa shape index (κ1) is 14.4. The molecule has 0 spiro atoms. The zero-order valence-electron chi connectivity index (χ0n) is 12.4. The van der Waals surface area contributed by atoms with E-state index >= 15 is 0 Å². The summed E-state index contributed by atoms with van der Waals surface area (Å²) in [6.45, 7) is 3.27. The number of benzene rings is 2. The van der Waals surface area contributed by atoms with Crippen LogP contribution in [0.5, 0.6) is 5.75 Å². The zero-order chi connectivity index (χ0) is 14.2. The zero-order valence-corrected chi connectivity index (χ0v) is 12.4. The molecule has 2 rings (SSSR count). The molecule has 2 aromatic carbocycles. The maximum absolute atomic E-state index is 5.34. The minimum Gasteiger partial charge on any atom is -0.497 e. The van der Waals surface area contributed by atoms with E-state index in [9.17, 15) is 0 Å². The van der Waals surface area contributed by atoms with Gasteiger partial charge in [-0.1, -0.05) is 44.0 Å². The molecule has 0 N–H and O–H groups in total. The Morgan fingerprint density at radius 3 is 2.35 bits per heavy atom. The summed E-state index contributed by atoms with van der Waals surface area (Å²) < 4.78 is 5.34. The summed E-state index contributed by atoms with van der Waals surface area (Å²) in [6, 6.07) is 18.8. The third-order valence-electron chi connectivity index (χ3n) is 3.42. The van der Waals surface area contributed by atoms with Crippen LogP contribution in [0.15, 0.2) is 54.6 Å². The number of hydrogen-bond donors (Lipinski definition) is 0. The van der Waals surface area contributed by atoms with E-state index in [1.54, 1.807) is 7.11 Å². The first-order valence-electron chi connectivity index (χ1n) is 7.31. The van der Waals surface area contributed by atoms with Gasteiger partial charge in [0.25, 0.3) is 0 Å². The van der Waals surface area contributed by atoms with Crippen LogP contribution in [0.4, 0.5) is 11.4 Å². The van der Waals surface area contributed by atoms with E-state index in [4.69, 9.17) is 4.74 Å². The van der Waals surface area contributed by atoms with Crippen LogP contribution in [0, 0.1) is 0 Å². The predicted octanol–water partition coefficient (Wildman–Crippen LogP) is 5.02. The van der Waals surface area contributed by atoms with E-state index in [2.05, 4.69) is 54.3 Å². The Labute approximate surface area is 122 Å². The number of anilines is 2. The molecule has 0 fully saturated rings. The van der Waals surface area contributed by atoms with Crippen LogP contribution in [-0.2, 0) is 0 Å². The molecule has 20 heavy (non-hydrogen) atoms. The summed E-state index contributed by atoms with van der Waals surface area (Å²) in [5.41, 5.74) is 2.42. The summed E-state index contributed by atoms with van der Waals surface area (Å²) in [4.78, 5) is 2.36. The molecule has 0 aliphatic carbocycles. The molecule has 0 bridgehead atoms. The van der Waals surface area contributed by atoms with Crippen molar-refractivity contribution in [3.63, 3.8) is 0 Å². The Hall–Kier alpha value is -1.96. The van der Waals surface area contributed by atoms with Gasteiger partial charge in [-0.05, 0) is 30.7 Å². The first-order valence-corrected chi connectivity index (χ1v) is 7.31. The molecule has 2 aromatic rings. The van der Waals surface area contributed by atoms with Gasteiger partial charge in [-0.25, -0.2) is 0 Å². The molecule has 0 heterocycles. The van der Waals surface area contributed by atoms with E-state index in [0.29, 0.717) is 0 Å². The largest absolute Gasteiger partial charge is 0.497 e. The number of unbranched alkanes of at least 4 members (excludes halogenated alkanes) is 2. The minimum atomic E-state index is 0.902. The standard InChI is InChI=1S/C18H23NO/c1-3-4-8-14-19(16-10-6-5-7-11-16)17-12-9-13-18(15-17)20-2/h5-7,9-13,15H,3-4,8,14H2,1-2H3. The van der Waals surface area contributed by atoms with E-state index in [1.165, 1.54) is 30.6 Å².